The predicted molar refractivity (Wildman–Crippen MR) is 78.8 cm³/mol. The molecular weight excluding hydrogens is 252 g/mol. The fourth-order valence-corrected chi connectivity index (χ4v) is 3.43. The zero-order chi connectivity index (χ0) is 14.0. The lowest BCUT2D eigenvalue weighted by Crippen LogP contribution is -2.64. The van der Waals surface area contributed by atoms with Crippen molar-refractivity contribution in [3.8, 4) is 5.75 Å². The molecule has 2 N–H and O–H groups in total. The van der Waals surface area contributed by atoms with Crippen molar-refractivity contribution in [2.24, 2.45) is 5.73 Å². The van der Waals surface area contributed by atoms with Gasteiger partial charge in [-0.1, -0.05) is 18.2 Å². The number of rotatable bonds is 4. The summed E-state index contributed by atoms with van der Waals surface area (Å²) in [5, 5.41) is 0. The summed E-state index contributed by atoms with van der Waals surface area (Å²) < 4.78 is 11.6. The lowest BCUT2D eigenvalue weighted by atomic mass is 9.72. The highest BCUT2D eigenvalue weighted by molar-refractivity contribution is 5.34. The van der Waals surface area contributed by atoms with Gasteiger partial charge in [-0.2, -0.15) is 0 Å². The lowest BCUT2D eigenvalue weighted by Gasteiger charge is -2.53. The number of hydrogen-bond donors (Lipinski definition) is 1. The van der Waals surface area contributed by atoms with E-state index >= 15 is 0 Å². The average molecular weight is 276 g/mol. The molecule has 0 spiro atoms. The standard InChI is InChI=1S/C16H24N2O2/c1-2-19-14-9-16(10-14,12-17)18-7-8-20-15-6-4-3-5-13(15)11-18/h3-6,14H,2,7-12,17H2,1H3. The van der Waals surface area contributed by atoms with Gasteiger partial charge in [-0.25, -0.2) is 0 Å². The monoisotopic (exact) mass is 276 g/mol. The minimum absolute atomic E-state index is 0.0979. The van der Waals surface area contributed by atoms with Crippen molar-refractivity contribution in [3.05, 3.63) is 29.8 Å². The van der Waals surface area contributed by atoms with Crippen LogP contribution in [0.25, 0.3) is 0 Å². The second kappa shape index (κ2) is 5.72. The van der Waals surface area contributed by atoms with Crippen molar-refractivity contribution in [1.82, 2.24) is 4.90 Å². The number of hydrogen-bond acceptors (Lipinski definition) is 4. The van der Waals surface area contributed by atoms with Gasteiger partial charge in [-0.05, 0) is 25.8 Å². The van der Waals surface area contributed by atoms with Crippen LogP contribution < -0.4 is 10.5 Å². The highest BCUT2D eigenvalue weighted by Crippen LogP contribution is 2.41. The highest BCUT2D eigenvalue weighted by Gasteiger charge is 2.48. The average Bonchev–Trinajstić information content (AvgIpc) is 2.64. The molecule has 4 nitrogen and oxygen atoms in total. The molecule has 1 aliphatic heterocycles. The molecule has 1 aromatic rings. The number of para-hydroxylation sites is 1. The van der Waals surface area contributed by atoms with Crippen LogP contribution in [0.3, 0.4) is 0 Å². The van der Waals surface area contributed by atoms with Gasteiger partial charge in [0.15, 0.2) is 0 Å². The van der Waals surface area contributed by atoms with Crippen molar-refractivity contribution in [1.29, 1.82) is 0 Å². The van der Waals surface area contributed by atoms with E-state index in [1.54, 1.807) is 0 Å². The number of nitrogens with two attached hydrogens (primary N) is 1. The highest BCUT2D eigenvalue weighted by atomic mass is 16.5. The smallest absolute Gasteiger partial charge is 0.123 e. The molecule has 0 bridgehead atoms. The second-order valence-corrected chi connectivity index (χ2v) is 5.79. The molecule has 1 saturated carbocycles. The van der Waals surface area contributed by atoms with Crippen LogP contribution in [0.1, 0.15) is 25.3 Å². The lowest BCUT2D eigenvalue weighted by molar-refractivity contribution is -0.103. The van der Waals surface area contributed by atoms with Gasteiger partial charge in [0.05, 0.1) is 6.10 Å². The summed E-state index contributed by atoms with van der Waals surface area (Å²) in [5.41, 5.74) is 7.45. The Labute approximate surface area is 120 Å². The van der Waals surface area contributed by atoms with Crippen LogP contribution in [0, 0.1) is 0 Å². The quantitative estimate of drug-likeness (QED) is 0.910. The molecule has 4 heteroatoms. The van der Waals surface area contributed by atoms with E-state index in [-0.39, 0.29) is 5.54 Å². The molecule has 0 saturated heterocycles. The van der Waals surface area contributed by atoms with Crippen LogP contribution in [-0.2, 0) is 11.3 Å². The van der Waals surface area contributed by atoms with E-state index in [0.717, 1.165) is 44.9 Å². The Hall–Kier alpha value is -1.10. The maximum absolute atomic E-state index is 6.09. The van der Waals surface area contributed by atoms with Gasteiger partial charge in [0.2, 0.25) is 0 Å². The SMILES string of the molecule is CCOC1CC(CN)(N2CCOc3ccccc3C2)C1. The van der Waals surface area contributed by atoms with Crippen LogP contribution in [0.15, 0.2) is 24.3 Å². The third-order valence-electron chi connectivity index (χ3n) is 4.62. The maximum atomic E-state index is 6.09. The van der Waals surface area contributed by atoms with Gasteiger partial charge in [0.25, 0.3) is 0 Å². The Balaban J connectivity index is 1.74. The molecule has 0 amide bonds. The summed E-state index contributed by atoms with van der Waals surface area (Å²) in [6, 6.07) is 8.31. The number of nitrogens with zero attached hydrogens (tertiary/aromatic N) is 1. The van der Waals surface area contributed by atoms with Crippen LogP contribution in [-0.4, -0.2) is 42.8 Å². The first-order valence-corrected chi connectivity index (χ1v) is 7.55. The van der Waals surface area contributed by atoms with E-state index in [4.69, 9.17) is 15.2 Å². The Morgan fingerprint density at radius 1 is 1.40 bits per heavy atom. The summed E-state index contributed by atoms with van der Waals surface area (Å²) in [7, 11) is 0. The minimum atomic E-state index is 0.0979. The zero-order valence-electron chi connectivity index (χ0n) is 12.2. The summed E-state index contributed by atoms with van der Waals surface area (Å²) in [6.07, 6.45) is 2.46. The van der Waals surface area contributed by atoms with Crippen LogP contribution in [0.2, 0.25) is 0 Å². The molecule has 0 atom stereocenters. The first-order valence-electron chi connectivity index (χ1n) is 7.55. The van der Waals surface area contributed by atoms with Gasteiger partial charge in [0, 0.05) is 37.3 Å². The molecule has 0 radical (unpaired) electrons. The second-order valence-electron chi connectivity index (χ2n) is 5.79. The molecular formula is C16H24N2O2. The van der Waals surface area contributed by atoms with E-state index in [0.29, 0.717) is 12.6 Å². The number of fused-ring (bicyclic) bond motifs is 1. The normalized spacial score (nSPS) is 30.0. The van der Waals surface area contributed by atoms with Crippen molar-refractivity contribution >= 4 is 0 Å². The first-order chi connectivity index (χ1) is 9.77. The summed E-state index contributed by atoms with van der Waals surface area (Å²) in [6.45, 7) is 6.13. The van der Waals surface area contributed by atoms with Crippen LogP contribution in [0.5, 0.6) is 5.75 Å². The fourth-order valence-electron chi connectivity index (χ4n) is 3.43. The number of benzene rings is 1. The molecule has 0 aromatic heterocycles. The minimum Gasteiger partial charge on any atom is -0.492 e. The molecule has 1 aromatic carbocycles. The Bertz CT molecular complexity index is 458. The van der Waals surface area contributed by atoms with E-state index in [9.17, 15) is 0 Å². The van der Waals surface area contributed by atoms with Gasteiger partial charge < -0.3 is 15.2 Å². The van der Waals surface area contributed by atoms with E-state index in [2.05, 4.69) is 30.0 Å². The Morgan fingerprint density at radius 2 is 2.20 bits per heavy atom. The molecule has 110 valence electrons. The summed E-state index contributed by atoms with van der Waals surface area (Å²) in [5.74, 6) is 1.02. The van der Waals surface area contributed by atoms with Crippen molar-refractivity contribution in [2.75, 3.05) is 26.3 Å². The predicted octanol–water partition coefficient (Wildman–Crippen LogP) is 1.78. The largest absolute Gasteiger partial charge is 0.492 e. The molecule has 1 fully saturated rings. The summed E-state index contributed by atoms with van der Waals surface area (Å²) in [4.78, 5) is 2.49. The van der Waals surface area contributed by atoms with E-state index < -0.39 is 0 Å². The summed E-state index contributed by atoms with van der Waals surface area (Å²) >= 11 is 0. The van der Waals surface area contributed by atoms with E-state index in [1.165, 1.54) is 5.56 Å². The van der Waals surface area contributed by atoms with Crippen molar-refractivity contribution in [3.63, 3.8) is 0 Å². The molecule has 0 unspecified atom stereocenters. The first kappa shape index (κ1) is 13.9. The number of ether oxygens (including phenoxy) is 2. The third-order valence-corrected chi connectivity index (χ3v) is 4.62. The fraction of sp³-hybridized carbons (Fsp3) is 0.625. The maximum Gasteiger partial charge on any atom is 0.123 e. The van der Waals surface area contributed by atoms with Gasteiger partial charge >= 0.3 is 0 Å². The molecule has 1 heterocycles. The molecule has 2 aliphatic rings. The van der Waals surface area contributed by atoms with Gasteiger partial charge in [-0.3, -0.25) is 4.90 Å². The Morgan fingerprint density at radius 3 is 2.95 bits per heavy atom. The molecule has 1 aliphatic carbocycles. The van der Waals surface area contributed by atoms with E-state index in [1.807, 2.05) is 6.07 Å². The molecule has 20 heavy (non-hydrogen) atoms. The van der Waals surface area contributed by atoms with Gasteiger partial charge in [-0.15, -0.1) is 0 Å². The zero-order valence-corrected chi connectivity index (χ0v) is 12.2. The topological polar surface area (TPSA) is 47.7 Å². The van der Waals surface area contributed by atoms with Gasteiger partial charge in [0.1, 0.15) is 12.4 Å². The van der Waals surface area contributed by atoms with Crippen LogP contribution in [0.4, 0.5) is 0 Å². The third kappa shape index (κ3) is 2.43. The Kier molecular flexibility index (Phi) is 3.96. The molecule has 3 rings (SSSR count). The van der Waals surface area contributed by atoms with Crippen LogP contribution >= 0.6 is 0 Å². The van der Waals surface area contributed by atoms with Crippen molar-refractivity contribution in [2.45, 2.75) is 38.0 Å². The van der Waals surface area contributed by atoms with Crippen molar-refractivity contribution < 1.29 is 9.47 Å².